The van der Waals surface area contributed by atoms with Gasteiger partial charge in [-0.15, -0.1) is 0 Å². The Morgan fingerprint density at radius 3 is 2.81 bits per heavy atom. The maximum Gasteiger partial charge on any atom is 0.440 e. The molecule has 0 spiro atoms. The van der Waals surface area contributed by atoms with Gasteiger partial charge in [-0.25, -0.2) is 9.59 Å². The van der Waals surface area contributed by atoms with Crippen LogP contribution in [-0.4, -0.2) is 38.1 Å². The average molecular weight is 292 g/mol. The fourth-order valence-corrected chi connectivity index (χ4v) is 1.57. The minimum atomic E-state index is -0.762. The molecule has 2 aromatic heterocycles. The van der Waals surface area contributed by atoms with E-state index in [2.05, 4.69) is 15.4 Å². The average Bonchev–Trinajstić information content (AvgIpc) is 2.80. The van der Waals surface area contributed by atoms with Crippen molar-refractivity contribution < 1.29 is 9.63 Å². The van der Waals surface area contributed by atoms with E-state index in [1.165, 1.54) is 18.1 Å². The molecule has 0 aliphatic carbocycles. The first-order chi connectivity index (χ1) is 9.99. The Balaban J connectivity index is 2.10. The van der Waals surface area contributed by atoms with Crippen molar-refractivity contribution in [2.24, 2.45) is 5.92 Å². The van der Waals surface area contributed by atoms with Gasteiger partial charge in [-0.1, -0.05) is 13.8 Å². The van der Waals surface area contributed by atoms with Crippen LogP contribution < -0.4 is 15.4 Å². The fourth-order valence-electron chi connectivity index (χ4n) is 1.57. The normalized spacial score (nSPS) is 10.7. The monoisotopic (exact) mass is 292 g/mol. The van der Waals surface area contributed by atoms with E-state index in [1.54, 1.807) is 18.3 Å². The van der Waals surface area contributed by atoms with Gasteiger partial charge in [0.1, 0.15) is 0 Å². The van der Waals surface area contributed by atoms with Crippen LogP contribution in [-0.2, 0) is 6.54 Å². The second kappa shape index (κ2) is 6.16. The number of amides is 1. The van der Waals surface area contributed by atoms with Crippen LogP contribution in [0.25, 0.3) is 0 Å². The summed E-state index contributed by atoms with van der Waals surface area (Å²) in [5.41, 5.74) is -0.0678. The molecule has 1 amide bonds. The highest BCUT2D eigenvalue weighted by molar-refractivity contribution is 5.86. The number of anilines is 1. The summed E-state index contributed by atoms with van der Waals surface area (Å²) in [6.07, 6.45) is 2.33. The van der Waals surface area contributed by atoms with E-state index in [0.29, 0.717) is 17.1 Å². The highest BCUT2D eigenvalue weighted by Gasteiger charge is 2.17. The van der Waals surface area contributed by atoms with Crippen molar-refractivity contribution in [2.75, 3.05) is 11.9 Å². The number of nitrogens with zero attached hydrogens (tertiary/aromatic N) is 6. The molecular weight excluding hydrogens is 276 g/mol. The third kappa shape index (κ3) is 3.44. The van der Waals surface area contributed by atoms with E-state index in [0.717, 1.165) is 4.68 Å². The molecule has 2 rings (SSSR count). The molecule has 0 saturated carbocycles. The maximum absolute atomic E-state index is 11.9. The number of hydrogen-bond acceptors (Lipinski definition) is 6. The number of rotatable bonds is 4. The molecule has 9 heteroatoms. The van der Waals surface area contributed by atoms with E-state index in [4.69, 9.17) is 4.84 Å². The van der Waals surface area contributed by atoms with Gasteiger partial charge >= 0.3 is 11.8 Å². The Labute approximate surface area is 120 Å². The lowest BCUT2D eigenvalue weighted by atomic mass is 10.2. The van der Waals surface area contributed by atoms with Crippen molar-refractivity contribution in [1.82, 2.24) is 24.9 Å². The lowest BCUT2D eigenvalue weighted by Gasteiger charge is -2.14. The van der Waals surface area contributed by atoms with Crippen molar-refractivity contribution in [3.8, 4) is 0 Å². The minimum absolute atomic E-state index is 0.224. The minimum Gasteiger partial charge on any atom is -0.292 e. The van der Waals surface area contributed by atoms with Crippen LogP contribution in [0.2, 0.25) is 0 Å². The molecule has 0 bridgehead atoms. The molecule has 9 nitrogen and oxygen atoms in total. The molecular formula is C12H16N6O3. The predicted molar refractivity (Wildman–Crippen MR) is 73.7 cm³/mol. The molecule has 0 aliphatic rings. The number of tetrazole rings is 1. The summed E-state index contributed by atoms with van der Waals surface area (Å²) in [6, 6.07) is 3.37. The van der Waals surface area contributed by atoms with Crippen LogP contribution in [0, 0.1) is 5.92 Å². The Morgan fingerprint density at radius 1 is 1.43 bits per heavy atom. The molecule has 0 aliphatic heterocycles. The summed E-state index contributed by atoms with van der Waals surface area (Å²) in [6.45, 7) is 4.27. The molecule has 112 valence electrons. The molecule has 0 saturated heterocycles. The van der Waals surface area contributed by atoms with Gasteiger partial charge in [0.05, 0.1) is 18.4 Å². The van der Waals surface area contributed by atoms with Gasteiger partial charge in [-0.3, -0.25) is 14.7 Å². The zero-order valence-electron chi connectivity index (χ0n) is 12.0. The summed E-state index contributed by atoms with van der Waals surface area (Å²) in [5.74, 6) is 0.224. The van der Waals surface area contributed by atoms with Gasteiger partial charge in [0.2, 0.25) is 0 Å². The number of pyridine rings is 1. The summed E-state index contributed by atoms with van der Waals surface area (Å²) in [4.78, 5) is 34.4. The van der Waals surface area contributed by atoms with Crippen LogP contribution in [0.15, 0.2) is 29.3 Å². The van der Waals surface area contributed by atoms with Crippen LogP contribution in [0.1, 0.15) is 13.8 Å². The van der Waals surface area contributed by atoms with Gasteiger partial charge < -0.3 is 0 Å². The molecule has 2 heterocycles. The standard InChI is InChI=1S/C12H16N6O3/c1-9(2)8-17-11(19)18(15-14-17)21-12(20)16(3)10-5-4-6-13-7-10/h4-7,9H,8H2,1-3H3. The third-order valence-electron chi connectivity index (χ3n) is 2.62. The zero-order valence-corrected chi connectivity index (χ0v) is 12.0. The van der Waals surface area contributed by atoms with Crippen molar-refractivity contribution in [2.45, 2.75) is 20.4 Å². The Kier molecular flexibility index (Phi) is 4.31. The highest BCUT2D eigenvalue weighted by atomic mass is 16.7. The zero-order chi connectivity index (χ0) is 15.4. The SMILES string of the molecule is CC(C)Cn1nnn(OC(=O)N(C)c2cccnc2)c1=O. The molecule has 0 radical (unpaired) electrons. The first kappa shape index (κ1) is 14.7. The van der Waals surface area contributed by atoms with Gasteiger partial charge in [0.25, 0.3) is 0 Å². The summed E-state index contributed by atoms with van der Waals surface area (Å²) in [5, 5.41) is 7.17. The molecule has 0 fully saturated rings. The Morgan fingerprint density at radius 2 is 2.19 bits per heavy atom. The van der Waals surface area contributed by atoms with Crippen LogP contribution >= 0.6 is 0 Å². The van der Waals surface area contributed by atoms with Crippen molar-refractivity contribution in [3.05, 3.63) is 35.0 Å². The number of carbonyl (C=O) groups is 1. The van der Waals surface area contributed by atoms with Crippen molar-refractivity contribution >= 4 is 11.8 Å². The maximum atomic E-state index is 11.9. The largest absolute Gasteiger partial charge is 0.440 e. The van der Waals surface area contributed by atoms with E-state index in [-0.39, 0.29) is 5.92 Å². The third-order valence-corrected chi connectivity index (χ3v) is 2.62. The van der Waals surface area contributed by atoms with E-state index >= 15 is 0 Å². The summed E-state index contributed by atoms with van der Waals surface area (Å²) >= 11 is 0. The van der Waals surface area contributed by atoms with Gasteiger partial charge in [-0.05, 0) is 33.3 Å². The first-order valence-electron chi connectivity index (χ1n) is 6.38. The summed E-state index contributed by atoms with van der Waals surface area (Å²) in [7, 11) is 1.50. The van der Waals surface area contributed by atoms with E-state index in [1.807, 2.05) is 13.8 Å². The summed E-state index contributed by atoms with van der Waals surface area (Å²) < 4.78 is 1.14. The molecule has 0 atom stereocenters. The second-order valence-electron chi connectivity index (χ2n) is 4.84. The number of aromatic nitrogens is 5. The van der Waals surface area contributed by atoms with Crippen molar-refractivity contribution in [1.29, 1.82) is 0 Å². The predicted octanol–water partition coefficient (Wildman–Crippen LogP) is 0.176. The number of carbonyl (C=O) groups excluding carboxylic acids is 1. The molecule has 2 aromatic rings. The fraction of sp³-hybridized carbons (Fsp3) is 0.417. The van der Waals surface area contributed by atoms with Crippen LogP contribution in [0.3, 0.4) is 0 Å². The molecule has 0 unspecified atom stereocenters. The molecule has 0 aromatic carbocycles. The molecule has 0 N–H and O–H groups in total. The lowest BCUT2D eigenvalue weighted by Crippen LogP contribution is -2.39. The highest BCUT2D eigenvalue weighted by Crippen LogP contribution is 2.09. The van der Waals surface area contributed by atoms with Crippen LogP contribution in [0.5, 0.6) is 0 Å². The van der Waals surface area contributed by atoms with Crippen molar-refractivity contribution in [3.63, 3.8) is 0 Å². The smallest absolute Gasteiger partial charge is 0.292 e. The Hall–Kier alpha value is -2.71. The van der Waals surface area contributed by atoms with Gasteiger partial charge in [0.15, 0.2) is 0 Å². The Bertz CT molecular complexity index is 663. The molecule has 21 heavy (non-hydrogen) atoms. The number of hydrogen-bond donors (Lipinski definition) is 0. The van der Waals surface area contributed by atoms with E-state index in [9.17, 15) is 9.59 Å². The topological polar surface area (TPSA) is 95.1 Å². The van der Waals surface area contributed by atoms with Crippen LogP contribution in [0.4, 0.5) is 10.5 Å². The first-order valence-corrected chi connectivity index (χ1v) is 6.38. The lowest BCUT2D eigenvalue weighted by molar-refractivity contribution is 0.115. The quantitative estimate of drug-likeness (QED) is 0.746. The van der Waals surface area contributed by atoms with Gasteiger partial charge in [-0.2, -0.15) is 4.68 Å². The van der Waals surface area contributed by atoms with E-state index < -0.39 is 11.8 Å². The second-order valence-corrected chi connectivity index (χ2v) is 4.84. The van der Waals surface area contributed by atoms with Gasteiger partial charge in [0, 0.05) is 13.2 Å².